The number of aryl methyl sites for hydroxylation is 1. The molecule has 1 N–H and O–H groups in total. The normalized spacial score (nSPS) is 12.1. The Morgan fingerprint density at radius 2 is 2.24 bits per heavy atom. The molecule has 0 spiro atoms. The van der Waals surface area contributed by atoms with Crippen LogP contribution in [0.1, 0.15) is 11.3 Å². The monoisotopic (exact) mass is 325 g/mol. The van der Waals surface area contributed by atoms with Gasteiger partial charge in [-0.15, -0.1) is 11.3 Å². The molecule has 0 saturated heterocycles. The van der Waals surface area contributed by atoms with Crippen molar-refractivity contribution in [2.24, 2.45) is 0 Å². The molecule has 0 fully saturated rings. The summed E-state index contributed by atoms with van der Waals surface area (Å²) in [5, 5.41) is 1.85. The van der Waals surface area contributed by atoms with E-state index in [-0.39, 0.29) is 11.4 Å². The van der Waals surface area contributed by atoms with E-state index < -0.39 is 15.8 Å². The second-order valence-electron chi connectivity index (χ2n) is 4.54. The first-order chi connectivity index (χ1) is 9.97. The minimum Gasteiger partial charge on any atom is -0.293 e. The van der Waals surface area contributed by atoms with Gasteiger partial charge in [0.2, 0.25) is 10.0 Å². The quantitative estimate of drug-likeness (QED) is 0.801. The highest BCUT2D eigenvalue weighted by Gasteiger charge is 2.16. The highest BCUT2D eigenvalue weighted by Crippen LogP contribution is 2.17. The number of halogens is 1. The van der Waals surface area contributed by atoms with Gasteiger partial charge in [-0.3, -0.25) is 4.40 Å². The minimum atomic E-state index is -3.67. The molecular formula is C13H12FN3O2S2. The number of fused-ring (bicyclic) bond motifs is 1. The van der Waals surface area contributed by atoms with Crippen LogP contribution in [0.4, 0.5) is 4.39 Å². The van der Waals surface area contributed by atoms with Gasteiger partial charge in [-0.25, -0.2) is 22.5 Å². The Hall–Kier alpha value is -1.77. The number of aromatic nitrogens is 2. The lowest BCUT2D eigenvalue weighted by molar-refractivity contribution is 0.578. The van der Waals surface area contributed by atoms with E-state index in [4.69, 9.17) is 0 Å². The molecule has 0 radical (unpaired) electrons. The first-order valence-electron chi connectivity index (χ1n) is 6.12. The highest BCUT2D eigenvalue weighted by molar-refractivity contribution is 7.89. The van der Waals surface area contributed by atoms with Crippen LogP contribution >= 0.6 is 11.3 Å². The highest BCUT2D eigenvalue weighted by atomic mass is 32.2. The van der Waals surface area contributed by atoms with Crippen molar-refractivity contribution in [3.05, 3.63) is 53.0 Å². The molecule has 5 nitrogen and oxygen atoms in total. The van der Waals surface area contributed by atoms with Crippen molar-refractivity contribution in [1.29, 1.82) is 0 Å². The Labute approximate surface area is 125 Å². The van der Waals surface area contributed by atoms with E-state index in [1.54, 1.807) is 12.4 Å². The second-order valence-corrected chi connectivity index (χ2v) is 7.15. The number of thiazole rings is 1. The average molecular weight is 325 g/mol. The predicted octanol–water partition coefficient (Wildman–Crippen LogP) is 2.32. The van der Waals surface area contributed by atoms with Crippen molar-refractivity contribution in [3.8, 4) is 0 Å². The Kier molecular flexibility index (Phi) is 3.52. The second kappa shape index (κ2) is 5.21. The van der Waals surface area contributed by atoms with Crippen LogP contribution in [0.25, 0.3) is 4.96 Å². The van der Waals surface area contributed by atoms with Crippen LogP contribution in [0.15, 0.2) is 40.9 Å². The molecule has 0 aliphatic carbocycles. The summed E-state index contributed by atoms with van der Waals surface area (Å²) in [7, 11) is -3.67. The summed E-state index contributed by atoms with van der Waals surface area (Å²) in [5.74, 6) is -0.424. The number of hydrogen-bond acceptors (Lipinski definition) is 4. The molecule has 2 heterocycles. The largest absolute Gasteiger partial charge is 0.293 e. The zero-order chi connectivity index (χ0) is 15.0. The van der Waals surface area contributed by atoms with Gasteiger partial charge in [0.25, 0.3) is 0 Å². The molecule has 2 aromatic heterocycles. The number of imidazole rings is 1. The fourth-order valence-electron chi connectivity index (χ4n) is 1.94. The molecule has 1 aromatic carbocycles. The third-order valence-corrected chi connectivity index (χ3v) is 5.40. The molecule has 3 aromatic rings. The smallest absolute Gasteiger partial charge is 0.240 e. The Bertz CT molecular complexity index is 899. The van der Waals surface area contributed by atoms with Gasteiger partial charge in [-0.05, 0) is 30.7 Å². The van der Waals surface area contributed by atoms with Crippen molar-refractivity contribution in [1.82, 2.24) is 14.1 Å². The summed E-state index contributed by atoms with van der Waals surface area (Å²) < 4.78 is 42.0. The van der Waals surface area contributed by atoms with Crippen LogP contribution in [0, 0.1) is 12.7 Å². The molecule has 21 heavy (non-hydrogen) atoms. The molecule has 0 aliphatic rings. The molecule has 0 saturated carbocycles. The fourth-order valence-corrected chi connectivity index (χ4v) is 3.87. The van der Waals surface area contributed by atoms with E-state index in [1.165, 1.54) is 30.4 Å². The maximum atomic E-state index is 13.2. The molecule has 0 aliphatic heterocycles. The number of nitrogens with one attached hydrogen (secondary N) is 1. The maximum Gasteiger partial charge on any atom is 0.240 e. The van der Waals surface area contributed by atoms with E-state index in [1.807, 2.05) is 9.78 Å². The van der Waals surface area contributed by atoms with Crippen LogP contribution in [-0.4, -0.2) is 17.8 Å². The van der Waals surface area contributed by atoms with Crippen molar-refractivity contribution in [2.75, 3.05) is 0 Å². The molecule has 110 valence electrons. The van der Waals surface area contributed by atoms with Crippen molar-refractivity contribution in [3.63, 3.8) is 0 Å². The third kappa shape index (κ3) is 2.69. The molecule has 0 unspecified atom stereocenters. The Balaban J connectivity index is 1.83. The lowest BCUT2D eigenvalue weighted by Gasteiger charge is -2.07. The molecule has 0 bridgehead atoms. The first kappa shape index (κ1) is 14.2. The van der Waals surface area contributed by atoms with Gasteiger partial charge in [0, 0.05) is 23.5 Å². The van der Waals surface area contributed by atoms with Crippen molar-refractivity contribution >= 4 is 26.3 Å². The van der Waals surface area contributed by atoms with Crippen molar-refractivity contribution < 1.29 is 12.8 Å². The van der Waals surface area contributed by atoms with Gasteiger partial charge >= 0.3 is 0 Å². The number of hydrogen-bond donors (Lipinski definition) is 1. The van der Waals surface area contributed by atoms with E-state index >= 15 is 0 Å². The predicted molar refractivity (Wildman–Crippen MR) is 78.2 cm³/mol. The molecule has 0 amide bonds. The van der Waals surface area contributed by atoms with Crippen LogP contribution in [-0.2, 0) is 16.6 Å². The topological polar surface area (TPSA) is 63.5 Å². The molecule has 8 heteroatoms. The third-order valence-electron chi connectivity index (χ3n) is 3.10. The minimum absolute atomic E-state index is 0.0542. The SMILES string of the molecule is Cc1cc(S(=O)(=O)NCc2csc3nccn23)ccc1F. The van der Waals surface area contributed by atoms with Crippen LogP contribution < -0.4 is 4.72 Å². The van der Waals surface area contributed by atoms with E-state index in [0.29, 0.717) is 5.56 Å². The van der Waals surface area contributed by atoms with Gasteiger partial charge in [-0.2, -0.15) is 0 Å². The zero-order valence-corrected chi connectivity index (χ0v) is 12.7. The van der Waals surface area contributed by atoms with Crippen LogP contribution in [0.2, 0.25) is 0 Å². The lowest BCUT2D eigenvalue weighted by Crippen LogP contribution is -2.24. The number of sulfonamides is 1. The van der Waals surface area contributed by atoms with E-state index in [2.05, 4.69) is 9.71 Å². The lowest BCUT2D eigenvalue weighted by atomic mass is 10.2. The van der Waals surface area contributed by atoms with E-state index in [9.17, 15) is 12.8 Å². The number of benzene rings is 1. The van der Waals surface area contributed by atoms with Gasteiger partial charge in [-0.1, -0.05) is 0 Å². The summed E-state index contributed by atoms with van der Waals surface area (Å²) in [4.78, 5) is 4.99. The summed E-state index contributed by atoms with van der Waals surface area (Å²) >= 11 is 1.44. The average Bonchev–Trinajstić information content (AvgIpc) is 3.03. The first-order valence-corrected chi connectivity index (χ1v) is 8.49. The van der Waals surface area contributed by atoms with Crippen LogP contribution in [0.3, 0.4) is 0 Å². The van der Waals surface area contributed by atoms with Gasteiger partial charge in [0.15, 0.2) is 4.96 Å². The Morgan fingerprint density at radius 1 is 1.43 bits per heavy atom. The van der Waals surface area contributed by atoms with Gasteiger partial charge in [0.05, 0.1) is 11.4 Å². The van der Waals surface area contributed by atoms with Gasteiger partial charge < -0.3 is 0 Å². The summed E-state index contributed by atoms with van der Waals surface area (Å²) in [5.41, 5.74) is 1.10. The van der Waals surface area contributed by atoms with E-state index in [0.717, 1.165) is 16.7 Å². The molecule has 3 rings (SSSR count). The summed E-state index contributed by atoms with van der Waals surface area (Å²) in [6, 6.07) is 3.73. The standard InChI is InChI=1S/C13H12FN3O2S2/c1-9-6-11(2-3-12(9)14)21(18,19)16-7-10-8-20-13-15-4-5-17(10)13/h2-6,8,16H,7H2,1H3. The number of nitrogens with zero attached hydrogens (tertiary/aromatic N) is 2. The summed E-state index contributed by atoms with van der Waals surface area (Å²) in [6.07, 6.45) is 3.44. The Morgan fingerprint density at radius 3 is 3.00 bits per heavy atom. The zero-order valence-electron chi connectivity index (χ0n) is 11.1. The number of rotatable bonds is 4. The maximum absolute atomic E-state index is 13.2. The van der Waals surface area contributed by atoms with Crippen LogP contribution in [0.5, 0.6) is 0 Å². The summed E-state index contributed by atoms with van der Waals surface area (Å²) in [6.45, 7) is 1.68. The molecule has 0 atom stereocenters. The fraction of sp³-hybridized carbons (Fsp3) is 0.154. The van der Waals surface area contributed by atoms with Crippen molar-refractivity contribution in [2.45, 2.75) is 18.4 Å². The molecular weight excluding hydrogens is 313 g/mol. The van der Waals surface area contributed by atoms with Gasteiger partial charge in [0.1, 0.15) is 5.82 Å².